The second-order valence-electron chi connectivity index (χ2n) is 6.89. The van der Waals surface area contributed by atoms with E-state index in [4.69, 9.17) is 26.8 Å². The molecule has 1 aliphatic rings. The molecule has 3 N–H and O–H groups in total. The van der Waals surface area contributed by atoms with E-state index in [9.17, 15) is 4.79 Å². The Morgan fingerprint density at radius 2 is 1.85 bits per heavy atom. The summed E-state index contributed by atoms with van der Waals surface area (Å²) >= 11 is 5.88. The Morgan fingerprint density at radius 1 is 1.19 bits per heavy atom. The van der Waals surface area contributed by atoms with Crippen LogP contribution >= 0.6 is 11.6 Å². The van der Waals surface area contributed by atoms with Crippen LogP contribution in [0.4, 0.5) is 17.1 Å². The smallest absolute Gasteiger partial charge is 0.267 e. The molecule has 6 nitrogen and oxygen atoms in total. The second-order valence-corrected chi connectivity index (χ2v) is 7.33. The number of halogens is 1. The van der Waals surface area contributed by atoms with Gasteiger partial charge in [-0.2, -0.15) is 0 Å². The first-order valence-electron chi connectivity index (χ1n) is 8.83. The maximum Gasteiger partial charge on any atom is 0.267 e. The lowest BCUT2D eigenvalue weighted by Gasteiger charge is -2.30. The molecule has 1 fully saturated rings. The first-order chi connectivity index (χ1) is 12.8. The fourth-order valence-electron chi connectivity index (χ4n) is 2.85. The van der Waals surface area contributed by atoms with Crippen molar-refractivity contribution in [3.63, 3.8) is 0 Å². The summed E-state index contributed by atoms with van der Waals surface area (Å²) in [4.78, 5) is 14.9. The number of anilines is 3. The molecule has 3 rings (SSSR count). The van der Waals surface area contributed by atoms with Crippen molar-refractivity contribution in [3.05, 3.63) is 47.5 Å². The SMILES string of the molecule is CC(C)(Oc1ccc(Cl)cc1)C(=O)Nc1ccc(N2CCOCC2)c(N)c1. The number of morpholine rings is 1. The van der Waals surface area contributed by atoms with E-state index < -0.39 is 5.60 Å². The molecule has 0 bridgehead atoms. The third-order valence-electron chi connectivity index (χ3n) is 4.37. The fourth-order valence-corrected chi connectivity index (χ4v) is 2.98. The Labute approximate surface area is 164 Å². The molecule has 0 saturated carbocycles. The van der Waals surface area contributed by atoms with Gasteiger partial charge in [-0.05, 0) is 56.3 Å². The largest absolute Gasteiger partial charge is 0.478 e. The van der Waals surface area contributed by atoms with Crippen LogP contribution in [0.5, 0.6) is 5.75 Å². The highest BCUT2D eigenvalue weighted by Gasteiger charge is 2.30. The minimum atomic E-state index is -1.06. The lowest BCUT2D eigenvalue weighted by atomic mass is 10.1. The number of hydrogen-bond donors (Lipinski definition) is 2. The van der Waals surface area contributed by atoms with Crippen molar-refractivity contribution in [1.29, 1.82) is 0 Å². The van der Waals surface area contributed by atoms with Gasteiger partial charge >= 0.3 is 0 Å². The standard InChI is InChI=1S/C20H24ClN3O3/c1-20(2,27-16-6-3-14(21)4-7-16)19(25)23-15-5-8-18(17(22)13-15)24-9-11-26-12-10-24/h3-8,13H,9-12,22H2,1-2H3,(H,23,25). The molecule has 2 aromatic carbocycles. The van der Waals surface area contributed by atoms with Crippen molar-refractivity contribution in [2.45, 2.75) is 19.4 Å². The van der Waals surface area contributed by atoms with E-state index in [0.717, 1.165) is 18.8 Å². The summed E-state index contributed by atoms with van der Waals surface area (Å²) in [6.45, 7) is 6.41. The predicted octanol–water partition coefficient (Wildman–Crippen LogP) is 3.55. The van der Waals surface area contributed by atoms with E-state index >= 15 is 0 Å². The molecular weight excluding hydrogens is 366 g/mol. The van der Waals surface area contributed by atoms with Crippen LogP contribution in [0.3, 0.4) is 0 Å². The van der Waals surface area contributed by atoms with E-state index in [1.165, 1.54) is 0 Å². The first-order valence-corrected chi connectivity index (χ1v) is 9.21. The molecule has 0 spiro atoms. The van der Waals surface area contributed by atoms with Gasteiger partial charge in [0.05, 0.1) is 24.6 Å². The predicted molar refractivity (Wildman–Crippen MR) is 109 cm³/mol. The van der Waals surface area contributed by atoms with E-state index in [0.29, 0.717) is 35.4 Å². The van der Waals surface area contributed by atoms with Crippen LogP contribution in [0.15, 0.2) is 42.5 Å². The highest BCUT2D eigenvalue weighted by atomic mass is 35.5. The number of ether oxygens (including phenoxy) is 2. The summed E-state index contributed by atoms with van der Waals surface area (Å²) in [6, 6.07) is 12.4. The number of nitrogens with two attached hydrogens (primary N) is 1. The molecule has 0 atom stereocenters. The zero-order chi connectivity index (χ0) is 19.4. The quantitative estimate of drug-likeness (QED) is 0.764. The summed E-state index contributed by atoms with van der Waals surface area (Å²) in [5, 5.41) is 3.48. The monoisotopic (exact) mass is 389 g/mol. The van der Waals surface area contributed by atoms with Gasteiger partial charge in [0.15, 0.2) is 5.60 Å². The van der Waals surface area contributed by atoms with Crippen LogP contribution in [-0.2, 0) is 9.53 Å². The minimum absolute atomic E-state index is 0.268. The maximum atomic E-state index is 12.7. The number of amides is 1. The first kappa shape index (κ1) is 19.3. The minimum Gasteiger partial charge on any atom is -0.478 e. The summed E-state index contributed by atoms with van der Waals surface area (Å²) in [5.74, 6) is 0.303. The molecule has 1 aliphatic heterocycles. The average molecular weight is 390 g/mol. The summed E-state index contributed by atoms with van der Waals surface area (Å²) in [7, 11) is 0. The van der Waals surface area contributed by atoms with Crippen LogP contribution < -0.4 is 20.7 Å². The molecule has 7 heteroatoms. The van der Waals surface area contributed by atoms with Crippen molar-refractivity contribution < 1.29 is 14.3 Å². The zero-order valence-electron chi connectivity index (χ0n) is 15.5. The van der Waals surface area contributed by atoms with Gasteiger partial charge in [-0.3, -0.25) is 4.79 Å². The van der Waals surface area contributed by atoms with Crippen molar-refractivity contribution >= 4 is 34.6 Å². The van der Waals surface area contributed by atoms with Crippen LogP contribution in [0.25, 0.3) is 0 Å². The van der Waals surface area contributed by atoms with E-state index in [2.05, 4.69) is 10.2 Å². The number of benzene rings is 2. The molecule has 144 valence electrons. The summed E-state index contributed by atoms with van der Waals surface area (Å²) in [5.41, 5.74) is 7.33. The zero-order valence-corrected chi connectivity index (χ0v) is 16.3. The van der Waals surface area contributed by atoms with Gasteiger partial charge in [-0.15, -0.1) is 0 Å². The Hall–Kier alpha value is -2.44. The van der Waals surface area contributed by atoms with E-state index in [1.807, 2.05) is 12.1 Å². The number of carbonyl (C=O) groups excluding carboxylic acids is 1. The van der Waals surface area contributed by atoms with Gasteiger partial charge < -0.3 is 25.4 Å². The summed E-state index contributed by atoms with van der Waals surface area (Å²) in [6.07, 6.45) is 0. The van der Waals surface area contributed by atoms with Gasteiger partial charge in [0.2, 0.25) is 0 Å². The molecule has 0 aromatic heterocycles. The molecule has 0 radical (unpaired) electrons. The molecule has 1 amide bonds. The van der Waals surface area contributed by atoms with Gasteiger partial charge in [-0.1, -0.05) is 11.6 Å². The summed E-state index contributed by atoms with van der Waals surface area (Å²) < 4.78 is 11.2. The van der Waals surface area contributed by atoms with Crippen molar-refractivity contribution in [3.8, 4) is 5.75 Å². The molecule has 1 saturated heterocycles. The number of nitrogens with zero attached hydrogens (tertiary/aromatic N) is 1. The number of nitrogen functional groups attached to an aromatic ring is 1. The third-order valence-corrected chi connectivity index (χ3v) is 4.62. The maximum absolute atomic E-state index is 12.7. The highest BCUT2D eigenvalue weighted by molar-refractivity contribution is 6.30. The number of rotatable bonds is 5. The van der Waals surface area contributed by atoms with Gasteiger partial charge in [0, 0.05) is 23.8 Å². The average Bonchev–Trinajstić information content (AvgIpc) is 2.64. The normalized spacial score (nSPS) is 14.7. The molecule has 0 unspecified atom stereocenters. The molecular formula is C20H24ClN3O3. The Kier molecular flexibility index (Phi) is 5.77. The number of carbonyl (C=O) groups is 1. The number of hydrogen-bond acceptors (Lipinski definition) is 5. The third kappa shape index (κ3) is 4.84. The second kappa shape index (κ2) is 8.06. The van der Waals surface area contributed by atoms with E-state index in [1.54, 1.807) is 44.2 Å². The Morgan fingerprint density at radius 3 is 2.48 bits per heavy atom. The lowest BCUT2D eigenvalue weighted by molar-refractivity contribution is -0.128. The molecule has 0 aliphatic carbocycles. The van der Waals surface area contributed by atoms with Crippen LogP contribution in [-0.4, -0.2) is 37.8 Å². The molecule has 1 heterocycles. The Bertz CT molecular complexity index is 803. The molecule has 27 heavy (non-hydrogen) atoms. The van der Waals surface area contributed by atoms with Crippen molar-refractivity contribution in [2.24, 2.45) is 0 Å². The van der Waals surface area contributed by atoms with Gasteiger partial charge in [0.25, 0.3) is 5.91 Å². The topological polar surface area (TPSA) is 76.8 Å². The van der Waals surface area contributed by atoms with Gasteiger partial charge in [0.1, 0.15) is 5.75 Å². The lowest BCUT2D eigenvalue weighted by Crippen LogP contribution is -2.42. The Balaban J connectivity index is 1.67. The van der Waals surface area contributed by atoms with Crippen molar-refractivity contribution in [1.82, 2.24) is 0 Å². The van der Waals surface area contributed by atoms with Gasteiger partial charge in [-0.25, -0.2) is 0 Å². The van der Waals surface area contributed by atoms with Crippen LogP contribution in [0, 0.1) is 0 Å². The van der Waals surface area contributed by atoms with Crippen molar-refractivity contribution in [2.75, 3.05) is 42.3 Å². The highest BCUT2D eigenvalue weighted by Crippen LogP contribution is 2.28. The van der Waals surface area contributed by atoms with Crippen LogP contribution in [0.1, 0.15) is 13.8 Å². The fraction of sp³-hybridized carbons (Fsp3) is 0.350. The number of nitrogens with one attached hydrogen (secondary N) is 1. The van der Waals surface area contributed by atoms with E-state index in [-0.39, 0.29) is 5.91 Å². The van der Waals surface area contributed by atoms with Crippen LogP contribution in [0.2, 0.25) is 5.02 Å². The molecule has 2 aromatic rings.